The van der Waals surface area contributed by atoms with Crippen molar-refractivity contribution in [3.63, 3.8) is 0 Å². The Kier molecular flexibility index (Phi) is 3.25. The lowest BCUT2D eigenvalue weighted by molar-refractivity contribution is -0.0300. The van der Waals surface area contributed by atoms with E-state index in [0.29, 0.717) is 16.7 Å². The van der Waals surface area contributed by atoms with Crippen LogP contribution in [0.5, 0.6) is 0 Å². The third-order valence-corrected chi connectivity index (χ3v) is 3.28. The molecular formula is C11H13BrN2O2. The lowest BCUT2D eigenvalue weighted by atomic mass is 9.80. The largest absolute Gasteiger partial charge is 0.388 e. The van der Waals surface area contributed by atoms with E-state index in [1.54, 1.807) is 18.3 Å². The minimum atomic E-state index is -0.681. The van der Waals surface area contributed by atoms with Crippen molar-refractivity contribution in [2.75, 3.05) is 6.54 Å². The first-order valence-corrected chi connectivity index (χ1v) is 6.01. The Bertz CT molecular complexity index is 405. The van der Waals surface area contributed by atoms with Crippen LogP contribution in [0.15, 0.2) is 22.9 Å². The average Bonchev–Trinajstić information content (AvgIpc) is 2.23. The zero-order valence-electron chi connectivity index (χ0n) is 8.74. The number of hydrogen-bond acceptors (Lipinski definition) is 3. The molecule has 1 fully saturated rings. The molecule has 1 aromatic rings. The Morgan fingerprint density at radius 1 is 1.62 bits per heavy atom. The fourth-order valence-corrected chi connectivity index (χ4v) is 2.02. The van der Waals surface area contributed by atoms with Crippen molar-refractivity contribution in [2.45, 2.75) is 24.9 Å². The van der Waals surface area contributed by atoms with Crippen LogP contribution in [0.2, 0.25) is 0 Å². The first-order valence-electron chi connectivity index (χ1n) is 5.21. The Balaban J connectivity index is 1.93. The molecule has 86 valence electrons. The molecule has 0 bridgehead atoms. The summed E-state index contributed by atoms with van der Waals surface area (Å²) in [7, 11) is 0. The fraction of sp³-hybridized carbons (Fsp3) is 0.455. The van der Waals surface area contributed by atoms with Gasteiger partial charge in [-0.15, -0.1) is 0 Å². The van der Waals surface area contributed by atoms with Crippen LogP contribution in [0.25, 0.3) is 0 Å². The summed E-state index contributed by atoms with van der Waals surface area (Å²) >= 11 is 3.21. The molecular weight excluding hydrogens is 272 g/mol. The maximum Gasteiger partial charge on any atom is 0.251 e. The minimum Gasteiger partial charge on any atom is -0.388 e. The zero-order valence-corrected chi connectivity index (χ0v) is 10.3. The number of aliphatic hydroxyl groups is 1. The van der Waals surface area contributed by atoms with Crippen LogP contribution in [0, 0.1) is 0 Å². The van der Waals surface area contributed by atoms with Gasteiger partial charge in [-0.05, 0) is 47.3 Å². The van der Waals surface area contributed by atoms with E-state index in [1.807, 2.05) is 0 Å². The molecule has 0 saturated heterocycles. The number of aromatic nitrogens is 1. The standard InChI is InChI=1S/C11H13BrN2O2/c12-9-6-8(2-5-13-9)10(15)14-7-11(16)3-1-4-11/h2,5-6,16H,1,3-4,7H2,(H,14,15). The van der Waals surface area contributed by atoms with Crippen molar-refractivity contribution in [2.24, 2.45) is 0 Å². The predicted molar refractivity (Wildman–Crippen MR) is 63.1 cm³/mol. The molecule has 0 unspecified atom stereocenters. The number of pyridine rings is 1. The highest BCUT2D eigenvalue weighted by Crippen LogP contribution is 2.30. The Labute approximate surface area is 102 Å². The van der Waals surface area contributed by atoms with Gasteiger partial charge in [-0.25, -0.2) is 4.98 Å². The van der Waals surface area contributed by atoms with Gasteiger partial charge in [0.2, 0.25) is 0 Å². The smallest absolute Gasteiger partial charge is 0.251 e. The minimum absolute atomic E-state index is 0.177. The van der Waals surface area contributed by atoms with Gasteiger partial charge in [0, 0.05) is 18.3 Å². The van der Waals surface area contributed by atoms with E-state index in [0.717, 1.165) is 19.3 Å². The monoisotopic (exact) mass is 284 g/mol. The fourth-order valence-electron chi connectivity index (χ4n) is 1.65. The molecule has 2 N–H and O–H groups in total. The maximum absolute atomic E-state index is 11.7. The van der Waals surface area contributed by atoms with Crippen molar-refractivity contribution in [1.82, 2.24) is 10.3 Å². The van der Waals surface area contributed by atoms with Crippen molar-refractivity contribution in [3.05, 3.63) is 28.5 Å². The van der Waals surface area contributed by atoms with Crippen molar-refractivity contribution >= 4 is 21.8 Å². The molecule has 0 aromatic carbocycles. The molecule has 1 saturated carbocycles. The molecule has 5 heteroatoms. The van der Waals surface area contributed by atoms with Crippen molar-refractivity contribution < 1.29 is 9.90 Å². The molecule has 2 rings (SSSR count). The quantitative estimate of drug-likeness (QED) is 0.827. The van der Waals surface area contributed by atoms with Gasteiger partial charge in [-0.2, -0.15) is 0 Å². The van der Waals surface area contributed by atoms with Crippen molar-refractivity contribution in [1.29, 1.82) is 0 Å². The van der Waals surface area contributed by atoms with Crippen LogP contribution in [-0.2, 0) is 0 Å². The molecule has 1 aliphatic carbocycles. The molecule has 4 nitrogen and oxygen atoms in total. The lowest BCUT2D eigenvalue weighted by Crippen LogP contribution is -2.47. The number of amides is 1. The molecule has 1 heterocycles. The third-order valence-electron chi connectivity index (χ3n) is 2.85. The molecule has 1 aliphatic rings. The van der Waals surface area contributed by atoms with E-state index in [4.69, 9.17) is 0 Å². The van der Waals surface area contributed by atoms with Crippen LogP contribution in [0.4, 0.5) is 0 Å². The second-order valence-corrected chi connectivity index (χ2v) is 4.94. The normalized spacial score (nSPS) is 17.6. The molecule has 16 heavy (non-hydrogen) atoms. The number of hydrogen-bond donors (Lipinski definition) is 2. The summed E-state index contributed by atoms with van der Waals surface area (Å²) in [6.45, 7) is 0.325. The summed E-state index contributed by atoms with van der Waals surface area (Å²) in [5, 5.41) is 12.6. The van der Waals surface area contributed by atoms with Gasteiger partial charge in [-0.3, -0.25) is 4.79 Å². The topological polar surface area (TPSA) is 62.2 Å². The highest BCUT2D eigenvalue weighted by atomic mass is 79.9. The van der Waals surface area contributed by atoms with Gasteiger partial charge >= 0.3 is 0 Å². The van der Waals surface area contributed by atoms with E-state index in [-0.39, 0.29) is 5.91 Å². The summed E-state index contributed by atoms with van der Waals surface area (Å²) in [4.78, 5) is 15.7. The van der Waals surface area contributed by atoms with Crippen LogP contribution in [0.3, 0.4) is 0 Å². The van der Waals surface area contributed by atoms with Crippen LogP contribution in [-0.4, -0.2) is 28.1 Å². The summed E-state index contributed by atoms with van der Waals surface area (Å²) < 4.78 is 0.627. The molecule has 1 amide bonds. The third kappa shape index (κ3) is 2.59. The number of nitrogens with zero attached hydrogens (tertiary/aromatic N) is 1. The first kappa shape index (κ1) is 11.5. The van der Waals surface area contributed by atoms with Gasteiger partial charge in [0.25, 0.3) is 5.91 Å². The SMILES string of the molecule is O=C(NCC1(O)CCC1)c1ccnc(Br)c1. The summed E-state index contributed by atoms with van der Waals surface area (Å²) in [6.07, 6.45) is 4.14. The second-order valence-electron chi connectivity index (χ2n) is 4.13. The molecule has 0 atom stereocenters. The Morgan fingerprint density at radius 3 is 2.94 bits per heavy atom. The predicted octanol–water partition coefficient (Wildman–Crippen LogP) is 1.49. The molecule has 0 radical (unpaired) electrons. The highest BCUT2D eigenvalue weighted by molar-refractivity contribution is 9.10. The van der Waals surface area contributed by atoms with Gasteiger partial charge < -0.3 is 10.4 Å². The van der Waals surface area contributed by atoms with E-state index in [2.05, 4.69) is 26.2 Å². The van der Waals surface area contributed by atoms with Gasteiger partial charge in [0.15, 0.2) is 0 Å². The molecule has 1 aromatic heterocycles. The number of carbonyl (C=O) groups is 1. The van der Waals surface area contributed by atoms with E-state index in [1.165, 1.54) is 0 Å². The van der Waals surface area contributed by atoms with Gasteiger partial charge in [0.05, 0.1) is 5.60 Å². The Hall–Kier alpha value is -0.940. The van der Waals surface area contributed by atoms with Crippen LogP contribution < -0.4 is 5.32 Å². The lowest BCUT2D eigenvalue weighted by Gasteiger charge is -2.36. The first-order chi connectivity index (χ1) is 7.59. The number of nitrogens with one attached hydrogen (secondary N) is 1. The second kappa shape index (κ2) is 4.51. The molecule has 0 spiro atoms. The van der Waals surface area contributed by atoms with Crippen LogP contribution >= 0.6 is 15.9 Å². The average molecular weight is 285 g/mol. The van der Waals surface area contributed by atoms with E-state index in [9.17, 15) is 9.90 Å². The van der Waals surface area contributed by atoms with Crippen molar-refractivity contribution in [3.8, 4) is 0 Å². The summed E-state index contributed by atoms with van der Waals surface area (Å²) in [5.74, 6) is -0.177. The number of carbonyl (C=O) groups excluding carboxylic acids is 1. The number of halogens is 1. The zero-order chi connectivity index (χ0) is 11.6. The van der Waals surface area contributed by atoms with Gasteiger partial charge in [-0.1, -0.05) is 0 Å². The molecule has 0 aliphatic heterocycles. The summed E-state index contributed by atoms with van der Waals surface area (Å²) in [6, 6.07) is 3.30. The van der Waals surface area contributed by atoms with Gasteiger partial charge in [0.1, 0.15) is 4.60 Å². The maximum atomic E-state index is 11.7. The number of rotatable bonds is 3. The van der Waals surface area contributed by atoms with E-state index >= 15 is 0 Å². The van der Waals surface area contributed by atoms with Crippen LogP contribution in [0.1, 0.15) is 29.6 Å². The van der Waals surface area contributed by atoms with E-state index < -0.39 is 5.60 Å². The Morgan fingerprint density at radius 2 is 2.38 bits per heavy atom. The summed E-state index contributed by atoms with van der Waals surface area (Å²) in [5.41, 5.74) is -0.135. The highest BCUT2D eigenvalue weighted by Gasteiger charge is 2.34.